The molecule has 0 radical (unpaired) electrons. The third-order valence-electron chi connectivity index (χ3n) is 0.309. The van der Waals surface area contributed by atoms with Crippen molar-refractivity contribution in [1.29, 1.82) is 0 Å². The van der Waals surface area contributed by atoms with Crippen molar-refractivity contribution in [1.82, 2.24) is 4.98 Å². The van der Waals surface area contributed by atoms with Crippen molar-refractivity contribution in [3.05, 3.63) is 31.9 Å². The quantitative estimate of drug-likeness (QED) is 0.526. The van der Waals surface area contributed by atoms with Crippen molar-refractivity contribution >= 4 is 11.3 Å². The second-order valence-corrected chi connectivity index (χ2v) is 1.31. The van der Waals surface area contributed by atoms with Crippen LogP contribution in [0.25, 0.3) is 0 Å². The van der Waals surface area contributed by atoms with E-state index in [1.807, 2.05) is 5.38 Å². The molecule has 1 nitrogen and oxygen atoms in total. The number of thiazole rings is 1. The summed E-state index contributed by atoms with van der Waals surface area (Å²) in [6, 6.07) is 0. The molecular weight excluding hydrogens is 151 g/mol. The first-order valence-corrected chi connectivity index (χ1v) is 2.13. The monoisotopic (exact) mass is 159 g/mol. The van der Waals surface area contributed by atoms with Crippen molar-refractivity contribution in [3.63, 3.8) is 0 Å². The summed E-state index contributed by atoms with van der Waals surface area (Å²) in [5.41, 5.74) is 2.65. The largest absolute Gasteiger partial charge is 3.00 e. The van der Waals surface area contributed by atoms with Crippen molar-refractivity contribution in [2.45, 2.75) is 0 Å². The van der Waals surface area contributed by atoms with Gasteiger partial charge in [0.2, 0.25) is 0 Å². The molecule has 42 valence electrons. The number of hydrogen-bond donors (Lipinski definition) is 0. The maximum atomic E-state index is 3.62. The summed E-state index contributed by atoms with van der Waals surface area (Å²) < 4.78 is 0. The topological polar surface area (TPSA) is 12.9 Å². The maximum Gasteiger partial charge on any atom is 3.00 e. The first kappa shape index (κ1) is 15.8. The molecule has 0 N–H and O–H groups in total. The summed E-state index contributed by atoms with van der Waals surface area (Å²) in [6.45, 7) is 0. The van der Waals surface area contributed by atoms with Crippen LogP contribution in [0.1, 0.15) is 0 Å². The second-order valence-electron chi connectivity index (χ2n) is 0.623. The molecule has 0 unspecified atom stereocenters. The number of nitrogens with zero attached hydrogens (tertiary/aromatic N) is 1. The SMILES string of the molecule is [CH3-].[CH3-].[Sc+3].[c-]1nccs1. The Morgan fingerprint density at radius 3 is 2.12 bits per heavy atom. The minimum absolute atomic E-state index is 0. The molecule has 1 rings (SSSR count). The van der Waals surface area contributed by atoms with E-state index < -0.39 is 0 Å². The Labute approximate surface area is 73.9 Å². The molecule has 1 aromatic heterocycles. The first-order valence-electron chi connectivity index (χ1n) is 1.25. The summed E-state index contributed by atoms with van der Waals surface area (Å²) in [5.74, 6) is 0. The first-order chi connectivity index (χ1) is 2.50. The molecule has 0 aliphatic rings. The predicted molar refractivity (Wildman–Crippen MR) is 33.8 cm³/mol. The van der Waals surface area contributed by atoms with Gasteiger partial charge in [-0.3, -0.25) is 11.3 Å². The van der Waals surface area contributed by atoms with Crippen molar-refractivity contribution in [3.8, 4) is 0 Å². The van der Waals surface area contributed by atoms with Gasteiger partial charge in [-0.05, 0) is 5.51 Å². The molecular formula is C5H8NSSc. The normalized spacial score (nSPS) is 5.00. The van der Waals surface area contributed by atoms with Crippen LogP contribution >= 0.6 is 11.3 Å². The van der Waals surface area contributed by atoms with E-state index in [4.69, 9.17) is 0 Å². The minimum atomic E-state index is 0. The third kappa shape index (κ3) is 6.50. The Bertz CT molecular complexity index is 68.9. The molecule has 3 heteroatoms. The Kier molecular flexibility index (Phi) is 20.7. The van der Waals surface area contributed by atoms with Gasteiger partial charge >= 0.3 is 25.8 Å². The van der Waals surface area contributed by atoms with E-state index in [-0.39, 0.29) is 40.7 Å². The van der Waals surface area contributed by atoms with Gasteiger partial charge in [0.05, 0.1) is 0 Å². The zero-order valence-corrected chi connectivity index (χ0v) is 7.71. The Morgan fingerprint density at radius 1 is 1.38 bits per heavy atom. The summed E-state index contributed by atoms with van der Waals surface area (Å²) >= 11 is 1.48. The van der Waals surface area contributed by atoms with Crippen LogP contribution in [0.3, 0.4) is 0 Å². The van der Waals surface area contributed by atoms with E-state index in [0.29, 0.717) is 0 Å². The minimum Gasteiger partial charge on any atom is -0.394 e. The van der Waals surface area contributed by atoms with Crippen LogP contribution in [-0.2, 0) is 25.8 Å². The number of hydrogen-bond acceptors (Lipinski definition) is 2. The van der Waals surface area contributed by atoms with E-state index in [2.05, 4.69) is 10.5 Å². The molecule has 0 saturated carbocycles. The van der Waals surface area contributed by atoms with Gasteiger partial charge in [-0.15, -0.1) is 11.6 Å². The fraction of sp³-hybridized carbons (Fsp3) is 0. The van der Waals surface area contributed by atoms with E-state index in [9.17, 15) is 0 Å². The van der Waals surface area contributed by atoms with Gasteiger partial charge in [0.25, 0.3) is 0 Å². The molecule has 1 heterocycles. The molecule has 0 spiro atoms. The van der Waals surface area contributed by atoms with E-state index in [1.165, 1.54) is 11.3 Å². The summed E-state index contributed by atoms with van der Waals surface area (Å²) in [5, 5.41) is 1.88. The van der Waals surface area contributed by atoms with Crippen molar-refractivity contribution < 1.29 is 25.8 Å². The summed E-state index contributed by atoms with van der Waals surface area (Å²) in [6.07, 6.45) is 1.71. The van der Waals surface area contributed by atoms with Crippen molar-refractivity contribution in [2.24, 2.45) is 0 Å². The third-order valence-corrected chi connectivity index (χ3v) is 0.777. The Morgan fingerprint density at radius 2 is 2.00 bits per heavy atom. The molecule has 0 amide bonds. The molecule has 1 aromatic rings. The number of rotatable bonds is 0. The van der Waals surface area contributed by atoms with E-state index >= 15 is 0 Å². The Hall–Kier alpha value is 0.500. The summed E-state index contributed by atoms with van der Waals surface area (Å²) in [4.78, 5) is 3.62. The van der Waals surface area contributed by atoms with Gasteiger partial charge < -0.3 is 19.8 Å². The molecule has 0 atom stereocenters. The van der Waals surface area contributed by atoms with Gasteiger partial charge in [-0.25, -0.2) is 0 Å². The zero-order chi connectivity index (χ0) is 3.54. The van der Waals surface area contributed by atoms with E-state index in [1.54, 1.807) is 6.20 Å². The predicted octanol–water partition coefficient (Wildman–Crippen LogP) is 1.84. The van der Waals surface area contributed by atoms with Crippen molar-refractivity contribution in [2.75, 3.05) is 0 Å². The average molecular weight is 159 g/mol. The fourth-order valence-electron chi connectivity index (χ4n) is 0.152. The van der Waals surface area contributed by atoms with E-state index in [0.717, 1.165) is 0 Å². The van der Waals surface area contributed by atoms with Crippen LogP contribution in [0.2, 0.25) is 0 Å². The molecule has 0 aromatic carbocycles. The fourth-order valence-corrected chi connectivity index (χ4v) is 0.456. The molecule has 0 aliphatic heterocycles. The van der Waals surface area contributed by atoms with Gasteiger partial charge in [0.15, 0.2) is 0 Å². The maximum absolute atomic E-state index is 3.62. The van der Waals surface area contributed by atoms with Crippen LogP contribution < -0.4 is 0 Å². The van der Waals surface area contributed by atoms with Crippen LogP contribution in [0.15, 0.2) is 11.6 Å². The smallest absolute Gasteiger partial charge is 0.394 e. The van der Waals surface area contributed by atoms with Gasteiger partial charge in [-0.1, -0.05) is 0 Å². The molecule has 0 bridgehead atoms. The van der Waals surface area contributed by atoms with Crippen LogP contribution in [0.4, 0.5) is 0 Å². The standard InChI is InChI=1S/C3H2NS.2CH3.Sc/c1-2-5-3-4-1;;;/h1-2H;2*1H3;/q3*-1;+3. The van der Waals surface area contributed by atoms with Gasteiger partial charge in [0.1, 0.15) is 0 Å². The van der Waals surface area contributed by atoms with Gasteiger partial charge in [-0.2, -0.15) is 0 Å². The molecule has 0 saturated heterocycles. The molecule has 0 aliphatic carbocycles. The Balaban J connectivity index is -0.0000000833. The molecule has 8 heavy (non-hydrogen) atoms. The van der Waals surface area contributed by atoms with Crippen LogP contribution in [-0.4, -0.2) is 4.98 Å². The van der Waals surface area contributed by atoms with Crippen LogP contribution in [0, 0.1) is 20.4 Å². The van der Waals surface area contributed by atoms with Gasteiger partial charge in [0, 0.05) is 0 Å². The second kappa shape index (κ2) is 10.5. The summed E-state index contributed by atoms with van der Waals surface area (Å²) in [7, 11) is 0. The average Bonchev–Trinajstić information content (AvgIpc) is 1.76. The van der Waals surface area contributed by atoms with Crippen LogP contribution in [0.5, 0.6) is 0 Å². The number of aromatic nitrogens is 1. The molecule has 0 fully saturated rings. The zero-order valence-electron chi connectivity index (χ0n) is 5.09.